The van der Waals surface area contributed by atoms with Gasteiger partial charge in [0.15, 0.2) is 0 Å². The summed E-state index contributed by atoms with van der Waals surface area (Å²) in [6, 6.07) is 4.33. The summed E-state index contributed by atoms with van der Waals surface area (Å²) in [7, 11) is 1.93. The quantitative estimate of drug-likeness (QED) is 0.877. The molecule has 0 aliphatic heterocycles. The van der Waals surface area contributed by atoms with Crippen LogP contribution >= 0.6 is 0 Å². The first-order chi connectivity index (χ1) is 9.60. The molecule has 0 unspecified atom stereocenters. The summed E-state index contributed by atoms with van der Waals surface area (Å²) in [6.07, 6.45) is 5.69. The van der Waals surface area contributed by atoms with Crippen LogP contribution in [0, 0.1) is 13.8 Å². The number of hydrogen-bond acceptors (Lipinski definition) is 3. The fourth-order valence-corrected chi connectivity index (χ4v) is 2.45. The van der Waals surface area contributed by atoms with Crippen LogP contribution in [0.3, 0.4) is 0 Å². The van der Waals surface area contributed by atoms with Crippen LogP contribution in [0.1, 0.15) is 22.3 Å². The van der Waals surface area contributed by atoms with E-state index < -0.39 is 0 Å². The van der Waals surface area contributed by atoms with Crippen LogP contribution < -0.4 is 10.5 Å². The molecule has 2 rings (SSSR count). The summed E-state index contributed by atoms with van der Waals surface area (Å²) in [4.78, 5) is 0. The van der Waals surface area contributed by atoms with Gasteiger partial charge in [0.25, 0.3) is 0 Å². The maximum atomic E-state index is 5.95. The van der Waals surface area contributed by atoms with E-state index in [-0.39, 0.29) is 0 Å². The smallest absolute Gasteiger partial charge is 0.125 e. The van der Waals surface area contributed by atoms with Gasteiger partial charge in [0, 0.05) is 19.7 Å². The molecular weight excluding hydrogens is 250 g/mol. The van der Waals surface area contributed by atoms with Gasteiger partial charge in [-0.25, -0.2) is 0 Å². The lowest BCUT2D eigenvalue weighted by atomic mass is 10.0. The van der Waals surface area contributed by atoms with Crippen LogP contribution in [0.5, 0.6) is 5.75 Å². The van der Waals surface area contributed by atoms with Crippen molar-refractivity contribution < 1.29 is 4.74 Å². The fraction of sp³-hybridized carbons (Fsp3) is 0.438. The van der Waals surface area contributed by atoms with Gasteiger partial charge in [-0.15, -0.1) is 0 Å². The van der Waals surface area contributed by atoms with E-state index in [1.165, 1.54) is 22.3 Å². The number of benzene rings is 1. The van der Waals surface area contributed by atoms with Crippen LogP contribution in [-0.2, 0) is 19.9 Å². The lowest BCUT2D eigenvalue weighted by molar-refractivity contribution is 0.317. The summed E-state index contributed by atoms with van der Waals surface area (Å²) < 4.78 is 7.76. The summed E-state index contributed by atoms with van der Waals surface area (Å²) in [6.45, 7) is 5.53. The Morgan fingerprint density at radius 2 is 1.85 bits per heavy atom. The van der Waals surface area contributed by atoms with Crippen molar-refractivity contribution in [3.8, 4) is 5.75 Å². The number of nitrogens with two attached hydrogens (primary N) is 1. The zero-order chi connectivity index (χ0) is 14.5. The SMILES string of the molecule is Cc1cc(CCN)cc(C)c1OCCc1cnn(C)c1. The predicted octanol–water partition coefficient (Wildman–Crippen LogP) is 2.16. The first kappa shape index (κ1) is 14.6. The van der Waals surface area contributed by atoms with Crippen molar-refractivity contribution in [1.29, 1.82) is 0 Å². The van der Waals surface area contributed by atoms with Crippen LogP contribution in [-0.4, -0.2) is 22.9 Å². The van der Waals surface area contributed by atoms with E-state index >= 15 is 0 Å². The van der Waals surface area contributed by atoms with Crippen LogP contribution in [0.15, 0.2) is 24.5 Å². The summed E-state index contributed by atoms with van der Waals surface area (Å²) in [5.41, 5.74) is 10.4. The van der Waals surface area contributed by atoms with E-state index in [1.807, 2.05) is 24.1 Å². The number of aromatic nitrogens is 2. The predicted molar refractivity (Wildman–Crippen MR) is 81.1 cm³/mol. The molecule has 0 aliphatic rings. The number of rotatable bonds is 6. The maximum absolute atomic E-state index is 5.95. The molecule has 0 atom stereocenters. The third-order valence-corrected chi connectivity index (χ3v) is 3.35. The van der Waals surface area contributed by atoms with Gasteiger partial charge in [-0.05, 0) is 49.1 Å². The highest BCUT2D eigenvalue weighted by Crippen LogP contribution is 2.25. The minimum Gasteiger partial charge on any atom is -0.493 e. The van der Waals surface area contributed by atoms with E-state index in [1.54, 1.807) is 0 Å². The Labute approximate surface area is 120 Å². The van der Waals surface area contributed by atoms with Gasteiger partial charge in [-0.2, -0.15) is 5.10 Å². The normalized spacial score (nSPS) is 10.8. The van der Waals surface area contributed by atoms with Crippen LogP contribution in [0.4, 0.5) is 0 Å². The van der Waals surface area contributed by atoms with Crippen molar-refractivity contribution >= 4 is 0 Å². The van der Waals surface area contributed by atoms with Gasteiger partial charge >= 0.3 is 0 Å². The summed E-state index contributed by atoms with van der Waals surface area (Å²) in [5, 5.41) is 4.16. The second-order valence-corrected chi connectivity index (χ2v) is 5.22. The molecule has 108 valence electrons. The van der Waals surface area contributed by atoms with Gasteiger partial charge in [0.05, 0.1) is 12.8 Å². The third kappa shape index (κ3) is 3.61. The average Bonchev–Trinajstić information content (AvgIpc) is 2.79. The molecule has 1 heterocycles. The third-order valence-electron chi connectivity index (χ3n) is 3.35. The molecule has 1 aromatic heterocycles. The summed E-state index contributed by atoms with van der Waals surface area (Å²) in [5.74, 6) is 0.995. The van der Waals surface area contributed by atoms with Gasteiger partial charge in [0.1, 0.15) is 5.75 Å². The van der Waals surface area contributed by atoms with Gasteiger partial charge in [-0.1, -0.05) is 12.1 Å². The van der Waals surface area contributed by atoms with E-state index in [2.05, 4.69) is 31.1 Å². The first-order valence-electron chi connectivity index (χ1n) is 7.00. The number of hydrogen-bond donors (Lipinski definition) is 1. The molecule has 0 spiro atoms. The molecule has 0 bridgehead atoms. The minimum absolute atomic E-state index is 0.670. The van der Waals surface area contributed by atoms with Crippen molar-refractivity contribution in [2.45, 2.75) is 26.7 Å². The first-order valence-corrected chi connectivity index (χ1v) is 7.00. The lowest BCUT2D eigenvalue weighted by Gasteiger charge is -2.13. The minimum atomic E-state index is 0.670. The van der Waals surface area contributed by atoms with E-state index in [4.69, 9.17) is 10.5 Å². The monoisotopic (exact) mass is 273 g/mol. The highest BCUT2D eigenvalue weighted by atomic mass is 16.5. The van der Waals surface area contributed by atoms with E-state index in [9.17, 15) is 0 Å². The van der Waals surface area contributed by atoms with Gasteiger partial charge in [0.2, 0.25) is 0 Å². The molecule has 0 aliphatic carbocycles. The summed E-state index contributed by atoms with van der Waals surface area (Å²) >= 11 is 0. The molecular formula is C16H23N3O. The van der Waals surface area contributed by atoms with Gasteiger partial charge < -0.3 is 10.5 Å². The van der Waals surface area contributed by atoms with Crippen LogP contribution in [0.25, 0.3) is 0 Å². The molecule has 0 amide bonds. The zero-order valence-electron chi connectivity index (χ0n) is 12.5. The Kier molecular flexibility index (Phi) is 4.79. The largest absolute Gasteiger partial charge is 0.493 e. The Morgan fingerprint density at radius 3 is 2.40 bits per heavy atom. The Bertz CT molecular complexity index is 552. The van der Waals surface area contributed by atoms with E-state index in [0.717, 1.165) is 18.6 Å². The van der Waals surface area contributed by atoms with E-state index in [0.29, 0.717) is 13.2 Å². The number of ether oxygens (including phenoxy) is 1. The topological polar surface area (TPSA) is 53.1 Å². The molecule has 4 nitrogen and oxygen atoms in total. The zero-order valence-corrected chi connectivity index (χ0v) is 12.5. The standard InChI is InChI=1S/C16H23N3O/c1-12-8-14(4-6-17)9-13(2)16(12)20-7-5-15-10-18-19(3)11-15/h8-11H,4-7,17H2,1-3H3. The lowest BCUT2D eigenvalue weighted by Crippen LogP contribution is -2.06. The van der Waals surface area contributed by atoms with Crippen molar-refractivity contribution in [1.82, 2.24) is 9.78 Å². The Hall–Kier alpha value is -1.81. The Morgan fingerprint density at radius 1 is 1.15 bits per heavy atom. The molecule has 1 aromatic carbocycles. The highest BCUT2D eigenvalue weighted by Gasteiger charge is 2.07. The molecule has 0 radical (unpaired) electrons. The van der Waals surface area contributed by atoms with Crippen molar-refractivity contribution in [3.63, 3.8) is 0 Å². The molecule has 0 saturated carbocycles. The van der Waals surface area contributed by atoms with Gasteiger partial charge in [-0.3, -0.25) is 4.68 Å². The second-order valence-electron chi connectivity index (χ2n) is 5.22. The van der Waals surface area contributed by atoms with Crippen molar-refractivity contribution in [2.75, 3.05) is 13.2 Å². The molecule has 2 N–H and O–H groups in total. The second kappa shape index (κ2) is 6.57. The molecule has 0 fully saturated rings. The van der Waals surface area contributed by atoms with Crippen molar-refractivity contribution in [3.05, 3.63) is 46.8 Å². The molecule has 4 heteroatoms. The highest BCUT2D eigenvalue weighted by molar-refractivity contribution is 5.43. The number of nitrogens with zero attached hydrogens (tertiary/aromatic N) is 2. The fourth-order valence-electron chi connectivity index (χ4n) is 2.45. The number of aryl methyl sites for hydroxylation is 3. The van der Waals surface area contributed by atoms with Crippen LogP contribution in [0.2, 0.25) is 0 Å². The molecule has 20 heavy (non-hydrogen) atoms. The molecule has 0 saturated heterocycles. The molecule has 2 aromatic rings. The van der Waals surface area contributed by atoms with Crippen molar-refractivity contribution in [2.24, 2.45) is 12.8 Å². The maximum Gasteiger partial charge on any atom is 0.125 e. The average molecular weight is 273 g/mol. The Balaban J connectivity index is 1.98.